The number of carboxylic acid groups (broad SMARTS) is 1. The van der Waals surface area contributed by atoms with Gasteiger partial charge in [0, 0.05) is 12.6 Å². The van der Waals surface area contributed by atoms with E-state index in [4.69, 9.17) is 5.11 Å². The molecule has 2 atom stereocenters. The van der Waals surface area contributed by atoms with E-state index in [2.05, 4.69) is 16.0 Å². The number of nitrogens with one attached hydrogen (secondary N) is 3. The average molecular weight is 299 g/mol. The number of aliphatic carboxylic acids is 1. The molecule has 0 aromatic carbocycles. The molecule has 0 spiro atoms. The van der Waals surface area contributed by atoms with Crippen molar-refractivity contribution in [1.82, 2.24) is 16.0 Å². The second kappa shape index (κ2) is 8.49. The molecule has 0 saturated heterocycles. The average Bonchev–Trinajstić information content (AvgIpc) is 2.42. The highest BCUT2D eigenvalue weighted by molar-refractivity contribution is 5.84. The summed E-state index contributed by atoms with van der Waals surface area (Å²) in [7, 11) is 0. The summed E-state index contributed by atoms with van der Waals surface area (Å²) in [4.78, 5) is 34.1. The molecule has 7 heteroatoms. The van der Waals surface area contributed by atoms with Crippen LogP contribution in [0.5, 0.6) is 0 Å². The fourth-order valence-corrected chi connectivity index (χ4v) is 2.60. The number of carbonyl (C=O) groups excluding carboxylic acids is 2. The number of carbonyl (C=O) groups is 3. The molecular formula is C14H25N3O4. The topological polar surface area (TPSA) is 108 Å². The number of hydrogen-bond acceptors (Lipinski definition) is 3. The molecule has 0 bridgehead atoms. The molecule has 120 valence electrons. The number of hydrogen-bond donors (Lipinski definition) is 4. The van der Waals surface area contributed by atoms with Gasteiger partial charge in [0.1, 0.15) is 0 Å². The van der Waals surface area contributed by atoms with Gasteiger partial charge in [-0.2, -0.15) is 0 Å². The van der Waals surface area contributed by atoms with Gasteiger partial charge >= 0.3 is 12.0 Å². The van der Waals surface area contributed by atoms with Crippen LogP contribution in [-0.4, -0.2) is 42.1 Å². The molecule has 0 heterocycles. The molecule has 0 aliphatic heterocycles. The summed E-state index contributed by atoms with van der Waals surface area (Å²) in [5, 5.41) is 16.9. The number of urea groups is 1. The van der Waals surface area contributed by atoms with E-state index >= 15 is 0 Å². The molecule has 1 aliphatic carbocycles. The number of amides is 3. The minimum Gasteiger partial charge on any atom is -0.481 e. The van der Waals surface area contributed by atoms with Gasteiger partial charge in [0.15, 0.2) is 0 Å². The molecule has 0 aromatic heterocycles. The van der Waals surface area contributed by atoms with Crippen LogP contribution in [0.25, 0.3) is 0 Å². The zero-order chi connectivity index (χ0) is 15.8. The Bertz CT molecular complexity index is 384. The quantitative estimate of drug-likeness (QED) is 0.579. The lowest BCUT2D eigenvalue weighted by Crippen LogP contribution is -2.45. The van der Waals surface area contributed by atoms with Gasteiger partial charge in [0.2, 0.25) is 5.91 Å². The third-order valence-electron chi connectivity index (χ3n) is 3.61. The van der Waals surface area contributed by atoms with Crippen LogP contribution >= 0.6 is 0 Å². The maximum atomic E-state index is 11.6. The van der Waals surface area contributed by atoms with E-state index in [1.807, 2.05) is 13.8 Å². The summed E-state index contributed by atoms with van der Waals surface area (Å²) < 4.78 is 0. The van der Waals surface area contributed by atoms with E-state index in [0.29, 0.717) is 13.0 Å². The maximum Gasteiger partial charge on any atom is 0.315 e. The maximum absolute atomic E-state index is 11.6. The monoisotopic (exact) mass is 299 g/mol. The molecule has 1 rings (SSSR count). The summed E-state index contributed by atoms with van der Waals surface area (Å²) in [6.45, 7) is 3.92. The Morgan fingerprint density at radius 1 is 1.14 bits per heavy atom. The second-order valence-corrected chi connectivity index (χ2v) is 5.78. The third kappa shape index (κ3) is 6.46. The van der Waals surface area contributed by atoms with Crippen LogP contribution in [0.15, 0.2) is 0 Å². The number of carboxylic acids is 1. The zero-order valence-electron chi connectivity index (χ0n) is 12.6. The largest absolute Gasteiger partial charge is 0.481 e. The SMILES string of the molecule is CC(C)NC(=O)CNC(=O)NCC1CCCCC1C(=O)O. The number of rotatable bonds is 6. The lowest BCUT2D eigenvalue weighted by atomic mass is 9.79. The van der Waals surface area contributed by atoms with Gasteiger partial charge in [-0.1, -0.05) is 12.8 Å². The molecule has 4 N–H and O–H groups in total. The van der Waals surface area contributed by atoms with Crippen LogP contribution in [0.4, 0.5) is 4.79 Å². The van der Waals surface area contributed by atoms with Gasteiger partial charge in [0.05, 0.1) is 12.5 Å². The molecule has 0 radical (unpaired) electrons. The molecule has 0 aromatic rings. The van der Waals surface area contributed by atoms with E-state index in [0.717, 1.165) is 19.3 Å². The van der Waals surface area contributed by atoms with Crippen molar-refractivity contribution in [3.05, 3.63) is 0 Å². The van der Waals surface area contributed by atoms with Crippen molar-refractivity contribution < 1.29 is 19.5 Å². The van der Waals surface area contributed by atoms with Crippen LogP contribution in [0.1, 0.15) is 39.5 Å². The smallest absolute Gasteiger partial charge is 0.315 e. The summed E-state index contributed by atoms with van der Waals surface area (Å²) in [6.07, 6.45) is 3.40. The highest BCUT2D eigenvalue weighted by atomic mass is 16.4. The van der Waals surface area contributed by atoms with E-state index in [9.17, 15) is 14.4 Å². The van der Waals surface area contributed by atoms with E-state index < -0.39 is 12.0 Å². The summed E-state index contributed by atoms with van der Waals surface area (Å²) >= 11 is 0. The van der Waals surface area contributed by atoms with Crippen LogP contribution in [-0.2, 0) is 9.59 Å². The van der Waals surface area contributed by atoms with Crippen LogP contribution in [0.3, 0.4) is 0 Å². The van der Waals surface area contributed by atoms with Crippen molar-refractivity contribution in [1.29, 1.82) is 0 Å². The van der Waals surface area contributed by atoms with E-state index in [1.54, 1.807) is 0 Å². The summed E-state index contributed by atoms with van der Waals surface area (Å²) in [6, 6.07) is -0.412. The normalized spacial score (nSPS) is 21.7. The molecule has 1 saturated carbocycles. The van der Waals surface area contributed by atoms with Crippen LogP contribution in [0.2, 0.25) is 0 Å². The Kier molecular flexibility index (Phi) is 6.98. The fourth-order valence-electron chi connectivity index (χ4n) is 2.60. The van der Waals surface area contributed by atoms with Gasteiger partial charge in [0.25, 0.3) is 0 Å². The third-order valence-corrected chi connectivity index (χ3v) is 3.61. The van der Waals surface area contributed by atoms with Crippen molar-refractivity contribution in [2.24, 2.45) is 11.8 Å². The lowest BCUT2D eigenvalue weighted by Gasteiger charge is -2.28. The van der Waals surface area contributed by atoms with Gasteiger partial charge in [-0.25, -0.2) is 4.79 Å². The lowest BCUT2D eigenvalue weighted by molar-refractivity contribution is -0.144. The Morgan fingerprint density at radius 2 is 1.81 bits per heavy atom. The Morgan fingerprint density at radius 3 is 2.43 bits per heavy atom. The molecule has 21 heavy (non-hydrogen) atoms. The standard InChI is InChI=1S/C14H25N3O4/c1-9(2)17-12(18)8-16-14(21)15-7-10-5-3-4-6-11(10)13(19)20/h9-11H,3-8H2,1-2H3,(H,17,18)(H,19,20)(H2,15,16,21). The first-order valence-electron chi connectivity index (χ1n) is 7.44. The predicted octanol–water partition coefficient (Wildman–Crippen LogP) is 0.701. The molecule has 7 nitrogen and oxygen atoms in total. The van der Waals surface area contributed by atoms with E-state index in [-0.39, 0.29) is 30.3 Å². The highest BCUT2D eigenvalue weighted by Gasteiger charge is 2.30. The first-order chi connectivity index (χ1) is 9.90. The zero-order valence-corrected chi connectivity index (χ0v) is 12.6. The molecule has 1 aliphatic rings. The molecule has 1 fully saturated rings. The van der Waals surface area contributed by atoms with Crippen molar-refractivity contribution in [2.45, 2.75) is 45.6 Å². The van der Waals surface area contributed by atoms with Crippen molar-refractivity contribution in [2.75, 3.05) is 13.1 Å². The second-order valence-electron chi connectivity index (χ2n) is 5.78. The van der Waals surface area contributed by atoms with Crippen molar-refractivity contribution >= 4 is 17.9 Å². The summed E-state index contributed by atoms with van der Waals surface area (Å²) in [5.74, 6) is -1.46. The van der Waals surface area contributed by atoms with Gasteiger partial charge in [-0.15, -0.1) is 0 Å². The van der Waals surface area contributed by atoms with Crippen LogP contribution < -0.4 is 16.0 Å². The van der Waals surface area contributed by atoms with Crippen LogP contribution in [0, 0.1) is 11.8 Å². The fraction of sp³-hybridized carbons (Fsp3) is 0.786. The minimum absolute atomic E-state index is 0.0286. The predicted molar refractivity (Wildman–Crippen MR) is 77.8 cm³/mol. The van der Waals surface area contributed by atoms with Gasteiger partial charge < -0.3 is 21.1 Å². The molecule has 3 amide bonds. The summed E-state index contributed by atoms with van der Waals surface area (Å²) in [5.41, 5.74) is 0. The Hall–Kier alpha value is -1.79. The molecule has 2 unspecified atom stereocenters. The van der Waals surface area contributed by atoms with E-state index in [1.165, 1.54) is 0 Å². The van der Waals surface area contributed by atoms with Gasteiger partial charge in [-0.05, 0) is 32.6 Å². The van der Waals surface area contributed by atoms with Crippen molar-refractivity contribution in [3.63, 3.8) is 0 Å². The Labute approximate surface area is 124 Å². The van der Waals surface area contributed by atoms with Gasteiger partial charge in [-0.3, -0.25) is 9.59 Å². The van der Waals surface area contributed by atoms with Crippen molar-refractivity contribution in [3.8, 4) is 0 Å². The minimum atomic E-state index is -0.793. The molecular weight excluding hydrogens is 274 g/mol. The first-order valence-corrected chi connectivity index (χ1v) is 7.44. The Balaban J connectivity index is 2.28. The first kappa shape index (κ1) is 17.3. The highest BCUT2D eigenvalue weighted by Crippen LogP contribution is 2.29.